The minimum absolute atomic E-state index is 0.0881. The van der Waals surface area contributed by atoms with Gasteiger partial charge in [-0.25, -0.2) is 17.1 Å². The Kier molecular flexibility index (Phi) is 5.69. The third-order valence-electron chi connectivity index (χ3n) is 3.45. The molecule has 0 bridgehead atoms. The molecule has 0 aliphatic carbocycles. The minimum atomic E-state index is -3.46. The Hall–Kier alpha value is -2.25. The summed E-state index contributed by atoms with van der Waals surface area (Å²) < 4.78 is 38.1. The molecule has 0 heterocycles. The third-order valence-corrected chi connectivity index (χ3v) is 5.27. The molecule has 0 spiro atoms. The topological polar surface area (TPSA) is 66.5 Å². The summed E-state index contributed by atoms with van der Waals surface area (Å²) in [5, 5.41) is 2.73. The highest BCUT2D eigenvalue weighted by Crippen LogP contribution is 2.14. The maximum atomic E-state index is 13.1. The van der Waals surface area contributed by atoms with Crippen molar-refractivity contribution < 1.29 is 17.6 Å². The normalized spacial score (nSPS) is 11.5. The van der Waals surface area contributed by atoms with Crippen molar-refractivity contribution in [1.82, 2.24) is 9.62 Å². The standard InChI is InChI=1S/C17H19FN2O3S/c1-20(2)24(22,23)16-8-6-13(7-9-16)12-19-17(21)11-14-4-3-5-15(18)10-14/h3-10H,11-12H2,1-2H3,(H,19,21). The SMILES string of the molecule is CN(C)S(=O)(=O)c1ccc(CNC(=O)Cc2cccc(F)c2)cc1. The van der Waals surface area contributed by atoms with Crippen LogP contribution in [0.5, 0.6) is 0 Å². The molecule has 1 N–H and O–H groups in total. The van der Waals surface area contributed by atoms with E-state index in [2.05, 4.69) is 5.32 Å². The van der Waals surface area contributed by atoms with Crippen LogP contribution in [0.4, 0.5) is 4.39 Å². The Morgan fingerprint density at radius 1 is 1.08 bits per heavy atom. The second-order valence-corrected chi connectivity index (χ2v) is 7.67. The van der Waals surface area contributed by atoms with Crippen molar-refractivity contribution >= 4 is 15.9 Å². The predicted octanol–water partition coefficient (Wildman–Crippen LogP) is 1.93. The molecular formula is C17H19FN2O3S. The first-order valence-corrected chi connectivity index (χ1v) is 8.75. The summed E-state index contributed by atoms with van der Waals surface area (Å²) in [6.07, 6.45) is 0.0881. The average Bonchev–Trinajstić information content (AvgIpc) is 2.53. The van der Waals surface area contributed by atoms with E-state index < -0.39 is 10.0 Å². The zero-order valence-electron chi connectivity index (χ0n) is 13.5. The molecule has 0 aliphatic rings. The molecule has 128 valence electrons. The lowest BCUT2D eigenvalue weighted by molar-refractivity contribution is -0.120. The van der Waals surface area contributed by atoms with Crippen LogP contribution in [0.3, 0.4) is 0 Å². The van der Waals surface area contributed by atoms with Crippen LogP contribution in [-0.4, -0.2) is 32.7 Å². The number of sulfonamides is 1. The summed E-state index contributed by atoms with van der Waals surface area (Å²) in [4.78, 5) is 12.1. The van der Waals surface area contributed by atoms with Crippen LogP contribution in [0.2, 0.25) is 0 Å². The zero-order chi connectivity index (χ0) is 17.7. The minimum Gasteiger partial charge on any atom is -0.352 e. The molecule has 2 aromatic carbocycles. The van der Waals surface area contributed by atoms with E-state index in [1.165, 1.54) is 38.4 Å². The summed E-state index contributed by atoms with van der Waals surface area (Å²) in [7, 11) is -0.523. The van der Waals surface area contributed by atoms with Gasteiger partial charge in [0.2, 0.25) is 15.9 Å². The van der Waals surface area contributed by atoms with Crippen LogP contribution in [0.25, 0.3) is 0 Å². The lowest BCUT2D eigenvalue weighted by Crippen LogP contribution is -2.25. The largest absolute Gasteiger partial charge is 0.352 e. The molecule has 24 heavy (non-hydrogen) atoms. The number of nitrogens with zero attached hydrogens (tertiary/aromatic N) is 1. The second kappa shape index (κ2) is 7.55. The quantitative estimate of drug-likeness (QED) is 0.866. The summed E-state index contributed by atoms with van der Waals surface area (Å²) in [6.45, 7) is 0.274. The highest BCUT2D eigenvalue weighted by Gasteiger charge is 2.16. The molecule has 0 unspecified atom stereocenters. The van der Waals surface area contributed by atoms with E-state index in [9.17, 15) is 17.6 Å². The third kappa shape index (κ3) is 4.62. The molecule has 7 heteroatoms. The summed E-state index contributed by atoms with van der Waals surface area (Å²) >= 11 is 0. The number of hydrogen-bond donors (Lipinski definition) is 1. The number of hydrogen-bond acceptors (Lipinski definition) is 3. The predicted molar refractivity (Wildman–Crippen MR) is 89.3 cm³/mol. The van der Waals surface area contributed by atoms with E-state index >= 15 is 0 Å². The monoisotopic (exact) mass is 350 g/mol. The van der Waals surface area contributed by atoms with Gasteiger partial charge in [-0.3, -0.25) is 4.79 Å². The number of benzene rings is 2. The fourth-order valence-electron chi connectivity index (χ4n) is 2.09. The van der Waals surface area contributed by atoms with Crippen LogP contribution in [0, 0.1) is 5.82 Å². The highest BCUT2D eigenvalue weighted by atomic mass is 32.2. The average molecular weight is 350 g/mol. The van der Waals surface area contributed by atoms with Crippen molar-refractivity contribution in [1.29, 1.82) is 0 Å². The molecular weight excluding hydrogens is 331 g/mol. The fourth-order valence-corrected chi connectivity index (χ4v) is 2.99. The van der Waals surface area contributed by atoms with Gasteiger partial charge in [0, 0.05) is 20.6 Å². The van der Waals surface area contributed by atoms with Gasteiger partial charge in [0.15, 0.2) is 0 Å². The Bertz CT molecular complexity index is 818. The van der Waals surface area contributed by atoms with E-state index in [1.807, 2.05) is 0 Å². The Balaban J connectivity index is 1.94. The first kappa shape index (κ1) is 18.1. The van der Waals surface area contributed by atoms with E-state index in [1.54, 1.807) is 24.3 Å². The second-order valence-electron chi connectivity index (χ2n) is 5.51. The van der Waals surface area contributed by atoms with Crippen LogP contribution in [0.15, 0.2) is 53.4 Å². The van der Waals surface area contributed by atoms with Gasteiger partial charge in [0.05, 0.1) is 11.3 Å². The number of amides is 1. The maximum Gasteiger partial charge on any atom is 0.242 e. The maximum absolute atomic E-state index is 13.1. The highest BCUT2D eigenvalue weighted by molar-refractivity contribution is 7.89. The van der Waals surface area contributed by atoms with Gasteiger partial charge in [0.1, 0.15) is 5.82 Å². The number of carbonyl (C=O) groups excluding carboxylic acids is 1. The van der Waals surface area contributed by atoms with Gasteiger partial charge >= 0.3 is 0 Å². The molecule has 0 saturated heterocycles. The van der Waals surface area contributed by atoms with Crippen LogP contribution in [0.1, 0.15) is 11.1 Å². The van der Waals surface area contributed by atoms with E-state index in [-0.39, 0.29) is 29.6 Å². The van der Waals surface area contributed by atoms with Crippen molar-refractivity contribution in [3.05, 3.63) is 65.5 Å². The number of rotatable bonds is 6. The fraction of sp³-hybridized carbons (Fsp3) is 0.235. The van der Waals surface area contributed by atoms with Crippen molar-refractivity contribution in [2.75, 3.05) is 14.1 Å². The molecule has 1 amide bonds. The van der Waals surface area contributed by atoms with Crippen molar-refractivity contribution in [3.8, 4) is 0 Å². The molecule has 5 nitrogen and oxygen atoms in total. The van der Waals surface area contributed by atoms with Crippen molar-refractivity contribution in [3.63, 3.8) is 0 Å². The Morgan fingerprint density at radius 2 is 1.75 bits per heavy atom. The molecule has 0 aliphatic heterocycles. The van der Waals surface area contributed by atoms with Gasteiger partial charge in [-0.15, -0.1) is 0 Å². The van der Waals surface area contributed by atoms with E-state index in [0.717, 1.165) is 9.87 Å². The van der Waals surface area contributed by atoms with Gasteiger partial charge in [-0.2, -0.15) is 0 Å². The first-order chi connectivity index (χ1) is 11.3. The molecule has 2 aromatic rings. The Labute approximate surface area is 141 Å². The van der Waals surface area contributed by atoms with Gasteiger partial charge in [-0.1, -0.05) is 24.3 Å². The van der Waals surface area contributed by atoms with Gasteiger partial charge in [0.25, 0.3) is 0 Å². The van der Waals surface area contributed by atoms with Crippen molar-refractivity contribution in [2.24, 2.45) is 0 Å². The summed E-state index contributed by atoms with van der Waals surface area (Å²) in [6, 6.07) is 12.2. The number of nitrogens with one attached hydrogen (secondary N) is 1. The van der Waals surface area contributed by atoms with Crippen LogP contribution >= 0.6 is 0 Å². The van der Waals surface area contributed by atoms with Gasteiger partial charge < -0.3 is 5.32 Å². The molecule has 0 radical (unpaired) electrons. The summed E-state index contributed by atoms with van der Waals surface area (Å²) in [5.74, 6) is -0.608. The molecule has 0 saturated carbocycles. The van der Waals surface area contributed by atoms with Crippen LogP contribution in [-0.2, 0) is 27.8 Å². The van der Waals surface area contributed by atoms with Gasteiger partial charge in [-0.05, 0) is 35.4 Å². The first-order valence-electron chi connectivity index (χ1n) is 7.31. The number of carbonyl (C=O) groups is 1. The zero-order valence-corrected chi connectivity index (χ0v) is 14.3. The molecule has 2 rings (SSSR count). The van der Waals surface area contributed by atoms with E-state index in [4.69, 9.17) is 0 Å². The van der Waals surface area contributed by atoms with E-state index in [0.29, 0.717) is 5.56 Å². The molecule has 0 aromatic heterocycles. The lowest BCUT2D eigenvalue weighted by atomic mass is 10.1. The molecule has 0 atom stereocenters. The number of halogens is 1. The van der Waals surface area contributed by atoms with Crippen LogP contribution < -0.4 is 5.32 Å². The lowest BCUT2D eigenvalue weighted by Gasteiger charge is -2.12. The Morgan fingerprint density at radius 3 is 2.33 bits per heavy atom. The molecule has 0 fully saturated rings. The summed E-state index contributed by atoms with van der Waals surface area (Å²) in [5.41, 5.74) is 1.38. The van der Waals surface area contributed by atoms with Crippen molar-refractivity contribution in [2.45, 2.75) is 17.9 Å². The smallest absolute Gasteiger partial charge is 0.242 e.